The lowest BCUT2D eigenvalue weighted by Gasteiger charge is -2.11. The van der Waals surface area contributed by atoms with Gasteiger partial charge >= 0.3 is 5.97 Å². The third kappa shape index (κ3) is 4.12. The molecule has 1 aromatic carbocycles. The topological polar surface area (TPSA) is 68.1 Å². The number of aromatic hydroxyl groups is 1. The fraction of sp³-hybridized carbons (Fsp3) is 0.364. The highest BCUT2D eigenvalue weighted by molar-refractivity contribution is 7.16. The number of hydrogen-bond donors (Lipinski definition) is 1. The Hall–Kier alpha value is -2.60. The van der Waals surface area contributed by atoms with E-state index in [9.17, 15) is 9.90 Å². The molecule has 1 N–H and O–H groups in total. The number of nitrogens with zero attached hydrogens (tertiary/aromatic N) is 1. The quantitative estimate of drug-likeness (QED) is 0.404. The number of rotatable bonds is 7. The molecule has 2 aromatic rings. The first-order valence-corrected chi connectivity index (χ1v) is 10.3. The fourth-order valence-corrected chi connectivity index (χ4v) is 4.64. The van der Waals surface area contributed by atoms with Crippen LogP contribution in [0.2, 0.25) is 0 Å². The average Bonchev–Trinajstić information content (AvgIpc) is 3.07. The molecule has 1 aliphatic carbocycles. The van der Waals surface area contributed by atoms with Crippen LogP contribution < -0.4 is 4.74 Å². The standard InChI is InChI=1S/C22H25NO4S/c1-4-8-15-11-14(12-17(26-3)20(15)24)13-23-21-19(22(25)27-5-2)16-9-6-7-10-18(16)28-21/h4,11-13,24H,1,5-10H2,2-3H3. The maximum atomic E-state index is 12.5. The van der Waals surface area contributed by atoms with Gasteiger partial charge in [-0.1, -0.05) is 6.08 Å². The number of ether oxygens (including phenoxy) is 2. The highest BCUT2D eigenvalue weighted by atomic mass is 32.1. The number of aryl methyl sites for hydroxylation is 1. The molecule has 0 saturated carbocycles. The summed E-state index contributed by atoms with van der Waals surface area (Å²) in [7, 11) is 1.51. The number of fused-ring (bicyclic) bond motifs is 1. The van der Waals surface area contributed by atoms with Gasteiger partial charge in [-0.25, -0.2) is 9.79 Å². The van der Waals surface area contributed by atoms with Crippen LogP contribution in [0, 0.1) is 0 Å². The summed E-state index contributed by atoms with van der Waals surface area (Å²) in [5.41, 5.74) is 3.20. The van der Waals surface area contributed by atoms with E-state index in [0.29, 0.717) is 34.9 Å². The second-order valence-corrected chi connectivity index (χ2v) is 7.68. The third-order valence-electron chi connectivity index (χ3n) is 4.72. The predicted molar refractivity (Wildman–Crippen MR) is 113 cm³/mol. The number of carbonyl (C=O) groups excluding carboxylic acids is 1. The molecule has 0 spiro atoms. The monoisotopic (exact) mass is 399 g/mol. The smallest absolute Gasteiger partial charge is 0.341 e. The molecule has 0 radical (unpaired) electrons. The lowest BCUT2D eigenvalue weighted by atomic mass is 9.95. The summed E-state index contributed by atoms with van der Waals surface area (Å²) in [4.78, 5) is 18.4. The number of esters is 1. The number of aliphatic imine (C=N–C) groups is 1. The van der Waals surface area contributed by atoms with Crippen molar-refractivity contribution in [3.63, 3.8) is 0 Å². The van der Waals surface area contributed by atoms with Crippen molar-refractivity contribution in [1.82, 2.24) is 0 Å². The van der Waals surface area contributed by atoms with Crippen LogP contribution in [0.4, 0.5) is 5.00 Å². The maximum Gasteiger partial charge on any atom is 0.341 e. The normalized spacial score (nSPS) is 13.4. The maximum absolute atomic E-state index is 12.5. The lowest BCUT2D eigenvalue weighted by Crippen LogP contribution is -2.09. The number of carbonyl (C=O) groups is 1. The van der Waals surface area contributed by atoms with Gasteiger partial charge in [0.25, 0.3) is 0 Å². The van der Waals surface area contributed by atoms with Crippen LogP contribution >= 0.6 is 11.3 Å². The molecule has 0 aliphatic heterocycles. The largest absolute Gasteiger partial charge is 0.504 e. The number of thiophene rings is 1. The predicted octanol–water partition coefficient (Wildman–Crippen LogP) is 5.00. The zero-order valence-corrected chi connectivity index (χ0v) is 17.1. The Morgan fingerprint density at radius 2 is 2.14 bits per heavy atom. The Bertz CT molecular complexity index is 914. The minimum atomic E-state index is -0.301. The zero-order valence-electron chi connectivity index (χ0n) is 16.3. The van der Waals surface area contributed by atoms with E-state index in [1.54, 1.807) is 29.7 Å². The Morgan fingerprint density at radius 1 is 1.36 bits per heavy atom. The van der Waals surface area contributed by atoms with Gasteiger partial charge in [-0.05, 0) is 62.3 Å². The molecule has 1 heterocycles. The number of hydrogen-bond acceptors (Lipinski definition) is 6. The van der Waals surface area contributed by atoms with Gasteiger partial charge in [0.15, 0.2) is 11.5 Å². The minimum Gasteiger partial charge on any atom is -0.504 e. The molecule has 1 aliphatic rings. The molecule has 28 heavy (non-hydrogen) atoms. The molecule has 0 bridgehead atoms. The molecule has 3 rings (SSSR count). The lowest BCUT2D eigenvalue weighted by molar-refractivity contribution is 0.0526. The van der Waals surface area contributed by atoms with Gasteiger partial charge in [-0.15, -0.1) is 17.9 Å². The van der Waals surface area contributed by atoms with Gasteiger partial charge in [-0.3, -0.25) is 0 Å². The molecule has 148 valence electrons. The Kier molecular flexibility index (Phi) is 6.52. The number of methoxy groups -OCH3 is 1. The number of allylic oxidation sites excluding steroid dienone is 1. The Balaban J connectivity index is 2.00. The van der Waals surface area contributed by atoms with Crippen molar-refractivity contribution in [3.05, 3.63) is 51.9 Å². The van der Waals surface area contributed by atoms with Crippen molar-refractivity contribution in [1.29, 1.82) is 0 Å². The molecule has 5 nitrogen and oxygen atoms in total. The summed E-state index contributed by atoms with van der Waals surface area (Å²) in [6.07, 6.45) is 8.05. The summed E-state index contributed by atoms with van der Waals surface area (Å²) in [6, 6.07) is 3.57. The fourth-order valence-electron chi connectivity index (χ4n) is 3.42. The van der Waals surface area contributed by atoms with E-state index in [1.165, 1.54) is 12.0 Å². The summed E-state index contributed by atoms with van der Waals surface area (Å²) in [6.45, 7) is 5.88. The van der Waals surface area contributed by atoms with Crippen LogP contribution in [0.25, 0.3) is 0 Å². The first-order valence-electron chi connectivity index (χ1n) is 9.45. The average molecular weight is 400 g/mol. The minimum absolute atomic E-state index is 0.110. The first kappa shape index (κ1) is 20.1. The highest BCUT2D eigenvalue weighted by Crippen LogP contribution is 2.40. The van der Waals surface area contributed by atoms with Crippen molar-refractivity contribution >= 4 is 28.5 Å². The molecule has 0 amide bonds. The summed E-state index contributed by atoms with van der Waals surface area (Å²) >= 11 is 1.57. The summed E-state index contributed by atoms with van der Waals surface area (Å²) < 4.78 is 10.5. The molecule has 0 unspecified atom stereocenters. The van der Waals surface area contributed by atoms with Crippen molar-refractivity contribution in [2.45, 2.75) is 39.0 Å². The van der Waals surface area contributed by atoms with E-state index < -0.39 is 0 Å². The molecule has 0 atom stereocenters. The van der Waals surface area contributed by atoms with Crippen LogP contribution in [-0.4, -0.2) is 31.0 Å². The van der Waals surface area contributed by atoms with E-state index in [-0.39, 0.29) is 11.7 Å². The molecule has 1 aromatic heterocycles. The number of phenols is 1. The van der Waals surface area contributed by atoms with Crippen molar-refractivity contribution in [3.8, 4) is 11.5 Å². The molecular weight excluding hydrogens is 374 g/mol. The second kappa shape index (κ2) is 9.06. The van der Waals surface area contributed by atoms with Crippen molar-refractivity contribution in [2.24, 2.45) is 4.99 Å². The van der Waals surface area contributed by atoms with Gasteiger partial charge in [-0.2, -0.15) is 0 Å². The molecule has 0 saturated heterocycles. The Labute approximate surface area is 169 Å². The summed E-state index contributed by atoms with van der Waals surface area (Å²) in [5.74, 6) is 0.194. The van der Waals surface area contributed by atoms with Gasteiger partial charge in [0, 0.05) is 16.7 Å². The summed E-state index contributed by atoms with van der Waals surface area (Å²) in [5, 5.41) is 10.9. The second-order valence-electron chi connectivity index (χ2n) is 6.59. The third-order valence-corrected chi connectivity index (χ3v) is 5.92. The first-order chi connectivity index (χ1) is 13.6. The van der Waals surface area contributed by atoms with Crippen LogP contribution in [-0.2, 0) is 24.0 Å². The van der Waals surface area contributed by atoms with Crippen molar-refractivity contribution in [2.75, 3.05) is 13.7 Å². The van der Waals surface area contributed by atoms with Crippen LogP contribution in [0.15, 0.2) is 29.8 Å². The molecule has 0 fully saturated rings. The SMILES string of the molecule is C=CCc1cc(C=Nc2sc3c(c2C(=O)OCC)CCCC3)cc(OC)c1O. The van der Waals surface area contributed by atoms with Gasteiger partial charge in [0.2, 0.25) is 0 Å². The van der Waals surface area contributed by atoms with E-state index in [4.69, 9.17) is 9.47 Å². The van der Waals surface area contributed by atoms with E-state index in [1.807, 2.05) is 13.0 Å². The van der Waals surface area contributed by atoms with E-state index in [0.717, 1.165) is 36.8 Å². The Morgan fingerprint density at radius 3 is 2.86 bits per heavy atom. The van der Waals surface area contributed by atoms with E-state index >= 15 is 0 Å². The van der Waals surface area contributed by atoms with Gasteiger partial charge in [0.05, 0.1) is 19.3 Å². The van der Waals surface area contributed by atoms with Gasteiger partial charge < -0.3 is 14.6 Å². The van der Waals surface area contributed by atoms with Crippen LogP contribution in [0.5, 0.6) is 11.5 Å². The van der Waals surface area contributed by atoms with Crippen LogP contribution in [0.3, 0.4) is 0 Å². The number of phenolic OH excluding ortho intramolecular Hbond substituents is 1. The number of benzene rings is 1. The van der Waals surface area contributed by atoms with Crippen molar-refractivity contribution < 1.29 is 19.4 Å². The molecular formula is C22H25NO4S. The van der Waals surface area contributed by atoms with E-state index in [2.05, 4.69) is 11.6 Å². The zero-order chi connectivity index (χ0) is 20.1. The molecule has 6 heteroatoms. The highest BCUT2D eigenvalue weighted by Gasteiger charge is 2.26. The van der Waals surface area contributed by atoms with Crippen LogP contribution in [0.1, 0.15) is 51.7 Å². The van der Waals surface area contributed by atoms with Gasteiger partial charge in [0.1, 0.15) is 5.00 Å².